The first-order valence-corrected chi connectivity index (χ1v) is 8.59. The van der Waals surface area contributed by atoms with Crippen molar-refractivity contribution in [1.82, 2.24) is 15.1 Å². The number of rotatable bonds is 6. The van der Waals surface area contributed by atoms with E-state index in [1.807, 2.05) is 17.0 Å². The molecule has 2 aromatic rings. The van der Waals surface area contributed by atoms with Crippen LogP contribution in [0.4, 0.5) is 4.79 Å². The minimum absolute atomic E-state index is 0.136. The van der Waals surface area contributed by atoms with Crippen LogP contribution in [0.3, 0.4) is 0 Å². The van der Waals surface area contributed by atoms with Crippen molar-refractivity contribution in [3.8, 4) is 0 Å². The Hall–Kier alpha value is -2.70. The Morgan fingerprint density at radius 2 is 1.80 bits per heavy atom. The number of furan rings is 2. The third-order valence-corrected chi connectivity index (χ3v) is 4.61. The van der Waals surface area contributed by atoms with Crippen LogP contribution in [0.2, 0.25) is 0 Å². The van der Waals surface area contributed by atoms with Gasteiger partial charge in [0.25, 0.3) is 0 Å². The maximum atomic E-state index is 12.8. The zero-order valence-electron chi connectivity index (χ0n) is 13.9. The minimum atomic E-state index is -0.219. The Morgan fingerprint density at radius 1 is 1.16 bits per heavy atom. The monoisotopic (exact) mass is 343 g/mol. The molecule has 0 spiro atoms. The number of urea groups is 1. The van der Waals surface area contributed by atoms with Gasteiger partial charge in [-0.2, -0.15) is 0 Å². The van der Waals surface area contributed by atoms with Crippen LogP contribution in [-0.2, 0) is 17.9 Å². The number of hydrogen-bond donors (Lipinski definition) is 1. The fraction of sp³-hybridized carbons (Fsp3) is 0.444. The molecule has 0 unspecified atom stereocenters. The van der Waals surface area contributed by atoms with Crippen molar-refractivity contribution in [2.75, 3.05) is 6.54 Å². The predicted molar refractivity (Wildman–Crippen MR) is 88.3 cm³/mol. The molecule has 0 aromatic carbocycles. The van der Waals surface area contributed by atoms with Gasteiger partial charge in [-0.25, -0.2) is 4.79 Å². The van der Waals surface area contributed by atoms with Crippen molar-refractivity contribution in [3.63, 3.8) is 0 Å². The highest BCUT2D eigenvalue weighted by molar-refractivity contribution is 5.82. The van der Waals surface area contributed by atoms with Crippen molar-refractivity contribution in [2.45, 2.75) is 44.4 Å². The predicted octanol–water partition coefficient (Wildman–Crippen LogP) is 2.35. The van der Waals surface area contributed by atoms with Crippen molar-refractivity contribution in [1.29, 1.82) is 0 Å². The van der Waals surface area contributed by atoms with Crippen LogP contribution in [-0.4, -0.2) is 40.4 Å². The standard InChI is InChI=1S/C18H21N3O4/c22-17-9-13(10-21(17)14-5-6-14)19-18(23)20(11-15-3-1-7-24-15)12-16-4-2-8-25-16/h1-4,7-8,13-14H,5-6,9-12H2,(H,19,23)/t13-/m1/s1. The first-order chi connectivity index (χ1) is 12.2. The molecule has 0 bridgehead atoms. The number of hydrogen-bond acceptors (Lipinski definition) is 4. The summed E-state index contributed by atoms with van der Waals surface area (Å²) in [7, 11) is 0. The molecule has 7 nitrogen and oxygen atoms in total. The molecule has 25 heavy (non-hydrogen) atoms. The van der Waals surface area contributed by atoms with Crippen LogP contribution in [0.25, 0.3) is 0 Å². The van der Waals surface area contributed by atoms with E-state index in [9.17, 15) is 9.59 Å². The molecule has 3 heterocycles. The third-order valence-electron chi connectivity index (χ3n) is 4.61. The number of nitrogens with one attached hydrogen (secondary N) is 1. The largest absolute Gasteiger partial charge is 0.467 e. The zero-order valence-corrected chi connectivity index (χ0v) is 13.9. The van der Waals surface area contributed by atoms with Gasteiger partial charge in [0.15, 0.2) is 0 Å². The lowest BCUT2D eigenvalue weighted by atomic mass is 10.2. The lowest BCUT2D eigenvalue weighted by Crippen LogP contribution is -2.45. The van der Waals surface area contributed by atoms with Crippen LogP contribution in [0, 0.1) is 0 Å². The smallest absolute Gasteiger partial charge is 0.318 e. The quantitative estimate of drug-likeness (QED) is 0.873. The Labute approximate surface area is 145 Å². The zero-order chi connectivity index (χ0) is 17.2. The van der Waals surface area contributed by atoms with E-state index in [-0.39, 0.29) is 18.0 Å². The summed E-state index contributed by atoms with van der Waals surface area (Å²) >= 11 is 0. The molecule has 1 aliphatic carbocycles. The molecule has 1 aliphatic heterocycles. The van der Waals surface area contributed by atoms with Gasteiger partial charge < -0.3 is 24.0 Å². The van der Waals surface area contributed by atoms with Crippen molar-refractivity contribution >= 4 is 11.9 Å². The average Bonchev–Trinajstić information content (AvgIpc) is 2.99. The van der Waals surface area contributed by atoms with Crippen molar-refractivity contribution in [2.24, 2.45) is 0 Å². The molecule has 1 atom stereocenters. The Kier molecular flexibility index (Phi) is 4.21. The Balaban J connectivity index is 1.40. The second-order valence-electron chi connectivity index (χ2n) is 6.64. The summed E-state index contributed by atoms with van der Waals surface area (Å²) in [6.07, 6.45) is 5.70. The third kappa shape index (κ3) is 3.70. The van der Waals surface area contributed by atoms with Gasteiger partial charge in [0.05, 0.1) is 31.7 Å². The van der Waals surface area contributed by atoms with Crippen molar-refractivity contribution < 1.29 is 18.4 Å². The van der Waals surface area contributed by atoms with E-state index in [4.69, 9.17) is 8.83 Å². The van der Waals surface area contributed by atoms with E-state index in [0.29, 0.717) is 43.6 Å². The second-order valence-corrected chi connectivity index (χ2v) is 6.64. The highest BCUT2D eigenvalue weighted by Gasteiger charge is 2.40. The maximum absolute atomic E-state index is 12.8. The van der Waals surface area contributed by atoms with Crippen LogP contribution in [0.15, 0.2) is 45.6 Å². The van der Waals surface area contributed by atoms with E-state index in [2.05, 4.69) is 5.32 Å². The number of carbonyl (C=O) groups excluding carboxylic acids is 2. The summed E-state index contributed by atoms with van der Waals surface area (Å²) < 4.78 is 10.7. The van der Waals surface area contributed by atoms with Gasteiger partial charge in [-0.05, 0) is 37.1 Å². The van der Waals surface area contributed by atoms with Crippen LogP contribution in [0.1, 0.15) is 30.8 Å². The fourth-order valence-electron chi connectivity index (χ4n) is 3.21. The molecule has 1 saturated heterocycles. The molecule has 0 radical (unpaired) electrons. The number of carbonyl (C=O) groups is 2. The lowest BCUT2D eigenvalue weighted by molar-refractivity contribution is -0.128. The first-order valence-electron chi connectivity index (χ1n) is 8.59. The molecule has 2 fully saturated rings. The molecule has 132 valence electrons. The Bertz CT molecular complexity index is 685. The molecule has 7 heteroatoms. The summed E-state index contributed by atoms with van der Waals surface area (Å²) in [4.78, 5) is 28.3. The highest BCUT2D eigenvalue weighted by Crippen LogP contribution is 2.30. The molecule has 1 saturated carbocycles. The van der Waals surface area contributed by atoms with Gasteiger partial charge in [-0.15, -0.1) is 0 Å². The van der Waals surface area contributed by atoms with Gasteiger partial charge in [0.1, 0.15) is 11.5 Å². The number of nitrogens with zero attached hydrogens (tertiary/aromatic N) is 2. The van der Waals surface area contributed by atoms with Crippen LogP contribution >= 0.6 is 0 Å². The molecule has 4 rings (SSSR count). The van der Waals surface area contributed by atoms with E-state index in [1.54, 1.807) is 29.6 Å². The first kappa shape index (κ1) is 15.8. The van der Waals surface area contributed by atoms with Gasteiger partial charge in [0, 0.05) is 19.0 Å². The minimum Gasteiger partial charge on any atom is -0.467 e. The SMILES string of the molecule is O=C(N[C@@H]1CC(=O)N(C2CC2)C1)N(Cc1ccco1)Cc1ccco1. The van der Waals surface area contributed by atoms with E-state index >= 15 is 0 Å². The molecular weight excluding hydrogens is 322 g/mol. The van der Waals surface area contributed by atoms with Crippen LogP contribution < -0.4 is 5.32 Å². The van der Waals surface area contributed by atoms with E-state index in [0.717, 1.165) is 12.8 Å². The van der Waals surface area contributed by atoms with Crippen molar-refractivity contribution in [3.05, 3.63) is 48.3 Å². The topological polar surface area (TPSA) is 78.9 Å². The summed E-state index contributed by atoms with van der Waals surface area (Å²) in [5.74, 6) is 1.53. The fourth-order valence-corrected chi connectivity index (χ4v) is 3.21. The van der Waals surface area contributed by atoms with Gasteiger partial charge in [0.2, 0.25) is 5.91 Å². The molecule has 1 N–H and O–H groups in total. The summed E-state index contributed by atoms with van der Waals surface area (Å²) in [5, 5.41) is 2.99. The maximum Gasteiger partial charge on any atom is 0.318 e. The van der Waals surface area contributed by atoms with Crippen LogP contribution in [0.5, 0.6) is 0 Å². The van der Waals surface area contributed by atoms with Gasteiger partial charge >= 0.3 is 6.03 Å². The number of amides is 3. The van der Waals surface area contributed by atoms with Gasteiger partial charge in [-0.1, -0.05) is 0 Å². The van der Waals surface area contributed by atoms with Gasteiger partial charge in [-0.3, -0.25) is 4.79 Å². The summed E-state index contributed by atoms with van der Waals surface area (Å²) in [6.45, 7) is 1.28. The normalized spacial score (nSPS) is 20.1. The lowest BCUT2D eigenvalue weighted by Gasteiger charge is -2.23. The highest BCUT2D eigenvalue weighted by atomic mass is 16.3. The molecule has 2 aliphatic rings. The molecular formula is C18H21N3O4. The van der Waals surface area contributed by atoms with E-state index in [1.165, 1.54) is 0 Å². The number of likely N-dealkylation sites (tertiary alicyclic amines) is 1. The van der Waals surface area contributed by atoms with E-state index < -0.39 is 0 Å². The summed E-state index contributed by atoms with van der Waals surface area (Å²) in [5.41, 5.74) is 0. The molecule has 3 amide bonds. The molecule has 2 aromatic heterocycles. The summed E-state index contributed by atoms with van der Waals surface area (Å²) in [6, 6.07) is 7.27. The Morgan fingerprint density at radius 3 is 2.32 bits per heavy atom. The second kappa shape index (κ2) is 6.66. The average molecular weight is 343 g/mol.